The molecule has 0 atom stereocenters. The van der Waals surface area contributed by atoms with E-state index >= 15 is 0 Å². The molecular formula is C12H16N2O2S. The van der Waals surface area contributed by atoms with Gasteiger partial charge in [-0.2, -0.15) is 0 Å². The van der Waals surface area contributed by atoms with Crippen molar-refractivity contribution in [2.24, 2.45) is 0 Å². The molecule has 2 amide bonds. The molecule has 1 fully saturated rings. The summed E-state index contributed by atoms with van der Waals surface area (Å²) in [7, 11) is 0. The molecule has 4 nitrogen and oxygen atoms in total. The first-order valence-corrected chi connectivity index (χ1v) is 6.61. The highest BCUT2D eigenvalue weighted by Gasteiger charge is 2.20. The molecule has 1 aromatic heterocycles. The van der Waals surface area contributed by atoms with E-state index in [0.717, 1.165) is 35.7 Å². The summed E-state index contributed by atoms with van der Waals surface area (Å²) in [6, 6.07) is 3.76. The highest BCUT2D eigenvalue weighted by molar-refractivity contribution is 7.14. The molecule has 0 bridgehead atoms. The predicted molar refractivity (Wildman–Crippen MR) is 67.0 cm³/mol. The van der Waals surface area contributed by atoms with Crippen LogP contribution in [-0.2, 0) is 11.3 Å². The van der Waals surface area contributed by atoms with E-state index in [1.54, 1.807) is 0 Å². The summed E-state index contributed by atoms with van der Waals surface area (Å²) < 4.78 is 0. The smallest absolute Gasteiger partial charge is 0.263 e. The molecule has 1 aliphatic heterocycles. The van der Waals surface area contributed by atoms with Crippen LogP contribution in [0.4, 0.5) is 0 Å². The van der Waals surface area contributed by atoms with Gasteiger partial charge in [0, 0.05) is 24.9 Å². The van der Waals surface area contributed by atoms with Crippen LogP contribution in [-0.4, -0.2) is 29.8 Å². The molecule has 2 rings (SSSR count). The Kier molecular flexibility index (Phi) is 3.78. The van der Waals surface area contributed by atoms with Gasteiger partial charge >= 0.3 is 0 Å². The van der Waals surface area contributed by atoms with Crippen LogP contribution in [0.2, 0.25) is 0 Å². The molecule has 0 saturated carbocycles. The average molecular weight is 252 g/mol. The molecule has 0 unspecified atom stereocenters. The molecule has 1 aliphatic rings. The number of nitrogens with zero attached hydrogens (tertiary/aromatic N) is 1. The fourth-order valence-electron chi connectivity index (χ4n) is 1.88. The summed E-state index contributed by atoms with van der Waals surface area (Å²) in [6.07, 6.45) is 2.21. The molecule has 92 valence electrons. The lowest BCUT2D eigenvalue weighted by atomic mass is 10.4. The maximum absolute atomic E-state index is 12.0. The van der Waals surface area contributed by atoms with Crippen molar-refractivity contribution in [3.05, 3.63) is 21.9 Å². The van der Waals surface area contributed by atoms with E-state index in [0.29, 0.717) is 6.54 Å². The molecule has 2 heterocycles. The fourth-order valence-corrected chi connectivity index (χ4v) is 2.79. The molecule has 1 N–H and O–H groups in total. The van der Waals surface area contributed by atoms with Crippen molar-refractivity contribution in [3.63, 3.8) is 0 Å². The van der Waals surface area contributed by atoms with Crippen LogP contribution in [0.25, 0.3) is 0 Å². The monoisotopic (exact) mass is 252 g/mol. The molecule has 0 radical (unpaired) electrons. The van der Waals surface area contributed by atoms with Gasteiger partial charge in [0.25, 0.3) is 5.91 Å². The van der Waals surface area contributed by atoms with Crippen molar-refractivity contribution in [3.8, 4) is 0 Å². The van der Waals surface area contributed by atoms with Gasteiger partial charge in [-0.05, 0) is 25.0 Å². The Bertz CT molecular complexity index is 422. The molecule has 17 heavy (non-hydrogen) atoms. The van der Waals surface area contributed by atoms with E-state index < -0.39 is 0 Å². The zero-order chi connectivity index (χ0) is 12.3. The summed E-state index contributed by atoms with van der Waals surface area (Å²) in [5.41, 5.74) is 0. The minimum absolute atomic E-state index is 0.0502. The number of carbonyl (C=O) groups excluding carboxylic acids is 2. The second-order valence-corrected chi connectivity index (χ2v) is 5.34. The third-order valence-corrected chi connectivity index (χ3v) is 3.85. The second kappa shape index (κ2) is 5.31. The number of carbonyl (C=O) groups is 2. The van der Waals surface area contributed by atoms with Gasteiger partial charge in [0.15, 0.2) is 0 Å². The van der Waals surface area contributed by atoms with E-state index in [1.807, 2.05) is 17.0 Å². The highest BCUT2D eigenvalue weighted by Crippen LogP contribution is 2.20. The van der Waals surface area contributed by atoms with Gasteiger partial charge in [0.2, 0.25) is 5.91 Å². The average Bonchev–Trinajstić information content (AvgIpc) is 2.97. The van der Waals surface area contributed by atoms with E-state index in [1.165, 1.54) is 18.3 Å². The van der Waals surface area contributed by atoms with Crippen molar-refractivity contribution in [2.75, 3.05) is 13.1 Å². The molecular weight excluding hydrogens is 236 g/mol. The van der Waals surface area contributed by atoms with Crippen molar-refractivity contribution in [2.45, 2.75) is 26.3 Å². The van der Waals surface area contributed by atoms with Gasteiger partial charge in [-0.3, -0.25) is 9.59 Å². The van der Waals surface area contributed by atoms with E-state index in [2.05, 4.69) is 5.32 Å². The van der Waals surface area contributed by atoms with Crippen LogP contribution in [0.3, 0.4) is 0 Å². The predicted octanol–water partition coefficient (Wildman–Crippen LogP) is 1.62. The zero-order valence-electron chi connectivity index (χ0n) is 9.86. The minimum atomic E-state index is -0.0502. The first-order chi connectivity index (χ1) is 8.16. The molecule has 0 aliphatic carbocycles. The fraction of sp³-hybridized carbons (Fsp3) is 0.500. The third kappa shape index (κ3) is 3.06. The van der Waals surface area contributed by atoms with Crippen molar-refractivity contribution in [1.82, 2.24) is 10.2 Å². The molecule has 0 aromatic carbocycles. The van der Waals surface area contributed by atoms with Gasteiger partial charge < -0.3 is 10.2 Å². The SMILES string of the molecule is CC(=O)NCc1ccc(C(=O)N2CCCC2)s1. The Morgan fingerprint density at radius 2 is 2.06 bits per heavy atom. The van der Waals surface area contributed by atoms with Gasteiger partial charge in [0.1, 0.15) is 0 Å². The van der Waals surface area contributed by atoms with Crippen LogP contribution in [0.1, 0.15) is 34.3 Å². The number of hydrogen-bond donors (Lipinski definition) is 1. The van der Waals surface area contributed by atoms with Gasteiger partial charge in [-0.25, -0.2) is 0 Å². The first-order valence-electron chi connectivity index (χ1n) is 5.79. The van der Waals surface area contributed by atoms with Crippen LogP contribution in [0.5, 0.6) is 0 Å². The van der Waals surface area contributed by atoms with Crippen LogP contribution in [0, 0.1) is 0 Å². The quantitative estimate of drug-likeness (QED) is 0.888. The Balaban J connectivity index is 1.97. The molecule has 0 spiro atoms. The number of rotatable bonds is 3. The number of thiophene rings is 1. The van der Waals surface area contributed by atoms with Crippen molar-refractivity contribution < 1.29 is 9.59 Å². The standard InChI is InChI=1S/C12H16N2O2S/c1-9(15)13-8-10-4-5-11(17-10)12(16)14-6-2-3-7-14/h4-5H,2-3,6-8H2,1H3,(H,13,15). The van der Waals surface area contributed by atoms with Crippen LogP contribution < -0.4 is 5.32 Å². The second-order valence-electron chi connectivity index (χ2n) is 4.18. The Morgan fingerprint density at radius 1 is 1.35 bits per heavy atom. The maximum atomic E-state index is 12.0. The Hall–Kier alpha value is -1.36. The van der Waals surface area contributed by atoms with Gasteiger partial charge in [0.05, 0.1) is 11.4 Å². The first kappa shape index (κ1) is 12.1. The summed E-state index contributed by atoms with van der Waals surface area (Å²) in [5, 5.41) is 2.73. The summed E-state index contributed by atoms with van der Waals surface area (Å²) in [6.45, 7) is 3.74. The van der Waals surface area contributed by atoms with E-state index in [9.17, 15) is 9.59 Å². The van der Waals surface area contributed by atoms with Crippen molar-refractivity contribution >= 4 is 23.2 Å². The third-order valence-electron chi connectivity index (χ3n) is 2.78. The minimum Gasteiger partial charge on any atom is -0.351 e. The van der Waals surface area contributed by atoms with Gasteiger partial charge in [-0.1, -0.05) is 0 Å². The molecule has 1 aromatic rings. The Morgan fingerprint density at radius 3 is 2.71 bits per heavy atom. The lowest BCUT2D eigenvalue weighted by Crippen LogP contribution is -2.26. The van der Waals surface area contributed by atoms with Crippen LogP contribution >= 0.6 is 11.3 Å². The maximum Gasteiger partial charge on any atom is 0.263 e. The zero-order valence-corrected chi connectivity index (χ0v) is 10.7. The number of hydrogen-bond acceptors (Lipinski definition) is 3. The van der Waals surface area contributed by atoms with Gasteiger partial charge in [-0.15, -0.1) is 11.3 Å². The normalized spacial score (nSPS) is 15.0. The Labute approximate surface area is 105 Å². The van der Waals surface area contributed by atoms with E-state index in [-0.39, 0.29) is 11.8 Å². The number of nitrogens with one attached hydrogen (secondary N) is 1. The number of amides is 2. The topological polar surface area (TPSA) is 49.4 Å². The van der Waals surface area contributed by atoms with Crippen molar-refractivity contribution in [1.29, 1.82) is 0 Å². The molecule has 1 saturated heterocycles. The summed E-state index contributed by atoms with van der Waals surface area (Å²) >= 11 is 1.46. The molecule has 5 heteroatoms. The van der Waals surface area contributed by atoms with E-state index in [4.69, 9.17) is 0 Å². The highest BCUT2D eigenvalue weighted by atomic mass is 32.1. The summed E-state index contributed by atoms with van der Waals surface area (Å²) in [4.78, 5) is 26.5. The summed E-state index contributed by atoms with van der Waals surface area (Å²) in [5.74, 6) is 0.0763. The van der Waals surface area contributed by atoms with Crippen LogP contribution in [0.15, 0.2) is 12.1 Å². The number of likely N-dealkylation sites (tertiary alicyclic amines) is 1. The lowest BCUT2D eigenvalue weighted by Gasteiger charge is -2.13. The lowest BCUT2D eigenvalue weighted by molar-refractivity contribution is -0.119. The largest absolute Gasteiger partial charge is 0.351 e.